The number of rotatable bonds is 3. The summed E-state index contributed by atoms with van der Waals surface area (Å²) in [7, 11) is 2.10. The first-order chi connectivity index (χ1) is 8.11. The van der Waals surface area contributed by atoms with Crippen LogP contribution in [0, 0.1) is 5.92 Å². The molecule has 96 valence electrons. The highest BCUT2D eigenvalue weighted by Gasteiger charge is 2.35. The van der Waals surface area contributed by atoms with Crippen molar-refractivity contribution in [2.75, 3.05) is 33.2 Å². The van der Waals surface area contributed by atoms with E-state index in [1.807, 2.05) is 6.92 Å². The predicted octanol–water partition coefficient (Wildman–Crippen LogP) is -0.325. The number of amides is 2. The van der Waals surface area contributed by atoms with E-state index in [1.54, 1.807) is 4.90 Å². The van der Waals surface area contributed by atoms with E-state index in [9.17, 15) is 9.59 Å². The Morgan fingerprint density at radius 3 is 2.76 bits per heavy atom. The number of nitrogens with one attached hydrogen (secondary N) is 1. The summed E-state index contributed by atoms with van der Waals surface area (Å²) < 4.78 is 0. The first-order valence-corrected chi connectivity index (χ1v) is 6.37. The maximum atomic E-state index is 11.9. The summed E-state index contributed by atoms with van der Waals surface area (Å²) in [5.41, 5.74) is 0. The lowest BCUT2D eigenvalue weighted by Crippen LogP contribution is -2.59. The smallest absolute Gasteiger partial charge is 0.243 e. The number of hydrogen-bond acceptors (Lipinski definition) is 3. The Morgan fingerprint density at radius 2 is 2.18 bits per heavy atom. The van der Waals surface area contributed by atoms with E-state index in [0.29, 0.717) is 12.3 Å². The Hall–Kier alpha value is -1.10. The van der Waals surface area contributed by atoms with Gasteiger partial charge in [0.15, 0.2) is 0 Å². The monoisotopic (exact) mass is 239 g/mol. The summed E-state index contributed by atoms with van der Waals surface area (Å²) in [6.07, 6.45) is 1.82. The lowest BCUT2D eigenvalue weighted by Gasteiger charge is -2.36. The highest BCUT2D eigenvalue weighted by atomic mass is 16.2. The molecule has 0 aromatic heterocycles. The van der Waals surface area contributed by atoms with Gasteiger partial charge in [0, 0.05) is 13.1 Å². The van der Waals surface area contributed by atoms with Gasteiger partial charge in [0.1, 0.15) is 6.04 Å². The SMILES string of the molecule is CCC1C(=O)NCC(=O)N1CC1CCN(C)C1. The number of carbonyl (C=O) groups is 2. The van der Waals surface area contributed by atoms with Crippen molar-refractivity contribution in [3.05, 3.63) is 0 Å². The van der Waals surface area contributed by atoms with Gasteiger partial charge in [-0.25, -0.2) is 0 Å². The maximum absolute atomic E-state index is 11.9. The van der Waals surface area contributed by atoms with Crippen molar-refractivity contribution in [3.63, 3.8) is 0 Å². The first-order valence-electron chi connectivity index (χ1n) is 6.37. The molecule has 5 heteroatoms. The third-order valence-electron chi connectivity index (χ3n) is 3.74. The Labute approximate surface area is 102 Å². The Kier molecular flexibility index (Phi) is 3.66. The maximum Gasteiger partial charge on any atom is 0.243 e. The zero-order valence-corrected chi connectivity index (χ0v) is 10.6. The minimum atomic E-state index is -0.262. The van der Waals surface area contributed by atoms with Crippen molar-refractivity contribution >= 4 is 11.8 Å². The summed E-state index contributed by atoms with van der Waals surface area (Å²) in [4.78, 5) is 27.6. The van der Waals surface area contributed by atoms with E-state index >= 15 is 0 Å². The zero-order valence-electron chi connectivity index (χ0n) is 10.6. The fraction of sp³-hybridized carbons (Fsp3) is 0.833. The third-order valence-corrected chi connectivity index (χ3v) is 3.74. The zero-order chi connectivity index (χ0) is 12.4. The quantitative estimate of drug-likeness (QED) is 0.734. The molecule has 17 heavy (non-hydrogen) atoms. The molecule has 5 nitrogen and oxygen atoms in total. The van der Waals surface area contributed by atoms with Gasteiger partial charge in [0.2, 0.25) is 11.8 Å². The molecule has 2 fully saturated rings. The van der Waals surface area contributed by atoms with Crippen LogP contribution < -0.4 is 5.32 Å². The van der Waals surface area contributed by atoms with Crippen LogP contribution in [0.15, 0.2) is 0 Å². The van der Waals surface area contributed by atoms with Gasteiger partial charge in [-0.05, 0) is 32.4 Å². The summed E-state index contributed by atoms with van der Waals surface area (Å²) in [5, 5.41) is 2.66. The fourth-order valence-corrected chi connectivity index (χ4v) is 2.79. The third kappa shape index (κ3) is 2.60. The molecular formula is C12H21N3O2. The summed E-state index contributed by atoms with van der Waals surface area (Å²) in [6, 6.07) is -0.262. The normalized spacial score (nSPS) is 30.8. The van der Waals surface area contributed by atoms with Crippen LogP contribution >= 0.6 is 0 Å². The minimum absolute atomic E-state index is 0.00143. The molecule has 2 unspecified atom stereocenters. The average molecular weight is 239 g/mol. The molecule has 0 radical (unpaired) electrons. The summed E-state index contributed by atoms with van der Waals surface area (Å²) in [5.74, 6) is 0.577. The Bertz CT molecular complexity index is 319. The highest BCUT2D eigenvalue weighted by molar-refractivity contribution is 5.94. The number of carbonyl (C=O) groups excluding carboxylic acids is 2. The van der Waals surface area contributed by atoms with E-state index < -0.39 is 0 Å². The minimum Gasteiger partial charge on any atom is -0.345 e. The molecule has 0 aromatic rings. The number of hydrogen-bond donors (Lipinski definition) is 1. The molecule has 0 spiro atoms. The molecule has 2 amide bonds. The average Bonchev–Trinajstić information content (AvgIpc) is 2.70. The molecule has 2 saturated heterocycles. The van der Waals surface area contributed by atoms with Crippen molar-refractivity contribution in [1.82, 2.24) is 15.1 Å². The highest BCUT2D eigenvalue weighted by Crippen LogP contribution is 2.19. The van der Waals surface area contributed by atoms with Crippen LogP contribution in [0.25, 0.3) is 0 Å². The van der Waals surface area contributed by atoms with Crippen LogP contribution in [0.4, 0.5) is 0 Å². The van der Waals surface area contributed by atoms with Gasteiger partial charge >= 0.3 is 0 Å². The lowest BCUT2D eigenvalue weighted by molar-refractivity contribution is -0.146. The number of likely N-dealkylation sites (tertiary alicyclic amines) is 1. The van der Waals surface area contributed by atoms with Crippen LogP contribution in [0.1, 0.15) is 19.8 Å². The van der Waals surface area contributed by atoms with Gasteiger partial charge in [-0.2, -0.15) is 0 Å². The van der Waals surface area contributed by atoms with Crippen molar-refractivity contribution in [2.45, 2.75) is 25.8 Å². The van der Waals surface area contributed by atoms with Crippen LogP contribution in [0.3, 0.4) is 0 Å². The molecular weight excluding hydrogens is 218 g/mol. The van der Waals surface area contributed by atoms with Gasteiger partial charge in [-0.1, -0.05) is 6.92 Å². The molecule has 2 heterocycles. The second-order valence-electron chi connectivity index (χ2n) is 5.10. The number of nitrogens with zero attached hydrogens (tertiary/aromatic N) is 2. The number of piperazine rings is 1. The van der Waals surface area contributed by atoms with Gasteiger partial charge in [0.05, 0.1) is 6.54 Å². The van der Waals surface area contributed by atoms with Crippen molar-refractivity contribution in [1.29, 1.82) is 0 Å². The standard InChI is InChI=1S/C12H21N3O2/c1-3-10-12(17)13-6-11(16)15(10)8-9-4-5-14(2)7-9/h9-10H,3-8H2,1-2H3,(H,13,17). The molecule has 0 saturated carbocycles. The van der Waals surface area contributed by atoms with Gasteiger partial charge in [-0.15, -0.1) is 0 Å². The second-order valence-corrected chi connectivity index (χ2v) is 5.10. The molecule has 2 atom stereocenters. The van der Waals surface area contributed by atoms with Crippen LogP contribution in [-0.2, 0) is 9.59 Å². The predicted molar refractivity (Wildman–Crippen MR) is 64.4 cm³/mol. The van der Waals surface area contributed by atoms with Crippen LogP contribution in [-0.4, -0.2) is 60.9 Å². The summed E-state index contributed by atoms with van der Waals surface area (Å²) in [6.45, 7) is 4.97. The van der Waals surface area contributed by atoms with Crippen LogP contribution in [0.2, 0.25) is 0 Å². The van der Waals surface area contributed by atoms with Crippen molar-refractivity contribution < 1.29 is 9.59 Å². The van der Waals surface area contributed by atoms with E-state index in [-0.39, 0.29) is 24.4 Å². The van der Waals surface area contributed by atoms with Crippen molar-refractivity contribution in [3.8, 4) is 0 Å². The van der Waals surface area contributed by atoms with Gasteiger partial charge in [0.25, 0.3) is 0 Å². The van der Waals surface area contributed by atoms with E-state index in [1.165, 1.54) is 0 Å². The fourth-order valence-electron chi connectivity index (χ4n) is 2.79. The van der Waals surface area contributed by atoms with Crippen LogP contribution in [0.5, 0.6) is 0 Å². The van der Waals surface area contributed by atoms with E-state index in [4.69, 9.17) is 0 Å². The molecule has 2 rings (SSSR count). The first kappa shape index (κ1) is 12.4. The Balaban J connectivity index is 2.00. The summed E-state index contributed by atoms with van der Waals surface area (Å²) >= 11 is 0. The Morgan fingerprint density at radius 1 is 1.41 bits per heavy atom. The molecule has 0 aromatic carbocycles. The second kappa shape index (κ2) is 5.04. The van der Waals surface area contributed by atoms with Crippen molar-refractivity contribution in [2.24, 2.45) is 5.92 Å². The van der Waals surface area contributed by atoms with E-state index in [2.05, 4.69) is 17.3 Å². The molecule has 0 bridgehead atoms. The molecule has 0 aliphatic carbocycles. The van der Waals surface area contributed by atoms with E-state index in [0.717, 1.165) is 26.1 Å². The lowest BCUT2D eigenvalue weighted by atomic mass is 10.0. The topological polar surface area (TPSA) is 52.7 Å². The van der Waals surface area contributed by atoms with Gasteiger partial charge < -0.3 is 15.1 Å². The molecule has 2 aliphatic rings. The van der Waals surface area contributed by atoms with Gasteiger partial charge in [-0.3, -0.25) is 9.59 Å². The largest absolute Gasteiger partial charge is 0.345 e. The molecule has 1 N–H and O–H groups in total. The molecule has 2 aliphatic heterocycles.